The van der Waals surface area contributed by atoms with Gasteiger partial charge in [-0.2, -0.15) is 10.2 Å². The molecular formula is C13H17N5O. The molecular weight excluding hydrogens is 242 g/mol. The van der Waals surface area contributed by atoms with Gasteiger partial charge in [0.25, 0.3) is 0 Å². The Bertz CT molecular complexity index is 573. The monoisotopic (exact) mass is 259 g/mol. The van der Waals surface area contributed by atoms with Crippen molar-refractivity contribution in [2.45, 2.75) is 19.9 Å². The van der Waals surface area contributed by atoms with Gasteiger partial charge in [-0.15, -0.1) is 0 Å². The van der Waals surface area contributed by atoms with Crippen molar-refractivity contribution in [1.29, 1.82) is 0 Å². The van der Waals surface area contributed by atoms with Crippen LogP contribution in [-0.4, -0.2) is 34.3 Å². The molecule has 0 saturated heterocycles. The van der Waals surface area contributed by atoms with Gasteiger partial charge in [-0.05, 0) is 27.0 Å². The zero-order chi connectivity index (χ0) is 13.8. The Morgan fingerprint density at radius 1 is 1.16 bits per heavy atom. The molecule has 100 valence electrons. The molecule has 2 rings (SSSR count). The molecule has 2 heterocycles. The first-order valence-electron chi connectivity index (χ1n) is 6.00. The van der Waals surface area contributed by atoms with Gasteiger partial charge in [0.1, 0.15) is 5.69 Å². The summed E-state index contributed by atoms with van der Waals surface area (Å²) in [5.41, 5.74) is 3.48. The molecule has 2 aromatic heterocycles. The molecule has 0 aliphatic rings. The lowest BCUT2D eigenvalue weighted by Gasteiger charge is -2.19. The Morgan fingerprint density at radius 3 is 2.58 bits per heavy atom. The van der Waals surface area contributed by atoms with Crippen molar-refractivity contribution in [3.63, 3.8) is 0 Å². The van der Waals surface area contributed by atoms with Crippen LogP contribution in [0.25, 0.3) is 0 Å². The van der Waals surface area contributed by atoms with Crippen molar-refractivity contribution in [3.05, 3.63) is 41.1 Å². The van der Waals surface area contributed by atoms with Crippen LogP contribution < -0.4 is 10.1 Å². The summed E-state index contributed by atoms with van der Waals surface area (Å²) in [6.45, 7) is 3.84. The molecule has 1 atom stereocenters. The van der Waals surface area contributed by atoms with Gasteiger partial charge in [-0.25, -0.2) is 4.98 Å². The van der Waals surface area contributed by atoms with Crippen molar-refractivity contribution in [1.82, 2.24) is 25.5 Å². The van der Waals surface area contributed by atoms with Crippen LogP contribution in [-0.2, 0) is 0 Å². The van der Waals surface area contributed by atoms with E-state index >= 15 is 0 Å². The summed E-state index contributed by atoms with van der Waals surface area (Å²) in [5, 5.41) is 11.4. The average molecular weight is 259 g/mol. The third-order valence-corrected chi connectivity index (χ3v) is 2.90. The van der Waals surface area contributed by atoms with Crippen LogP contribution in [0.5, 0.6) is 5.88 Å². The summed E-state index contributed by atoms with van der Waals surface area (Å²) in [4.78, 5) is 8.55. The topological polar surface area (TPSA) is 72.8 Å². The highest BCUT2D eigenvalue weighted by Gasteiger charge is 2.21. The maximum absolute atomic E-state index is 5.27. The van der Waals surface area contributed by atoms with Crippen LogP contribution in [0.1, 0.15) is 28.7 Å². The molecule has 0 aliphatic heterocycles. The Hall–Kier alpha value is -2.08. The number of hydrogen-bond donors (Lipinski definition) is 1. The van der Waals surface area contributed by atoms with Gasteiger partial charge < -0.3 is 10.1 Å². The maximum atomic E-state index is 5.27. The van der Waals surface area contributed by atoms with Crippen LogP contribution in [0.15, 0.2) is 18.5 Å². The molecule has 6 heteroatoms. The van der Waals surface area contributed by atoms with E-state index in [4.69, 9.17) is 4.74 Å². The lowest BCUT2D eigenvalue weighted by atomic mass is 10.0. The summed E-state index contributed by atoms with van der Waals surface area (Å²) < 4.78 is 5.27. The summed E-state index contributed by atoms with van der Waals surface area (Å²) in [6, 6.07) is 1.87. The smallest absolute Gasteiger partial charge is 0.237 e. The van der Waals surface area contributed by atoms with Crippen LogP contribution in [0.3, 0.4) is 0 Å². The number of aromatic nitrogens is 4. The summed E-state index contributed by atoms with van der Waals surface area (Å²) in [7, 11) is 3.46. The van der Waals surface area contributed by atoms with E-state index in [1.807, 2.05) is 27.0 Å². The second-order valence-electron chi connectivity index (χ2n) is 4.20. The van der Waals surface area contributed by atoms with E-state index < -0.39 is 0 Å². The van der Waals surface area contributed by atoms with Crippen LogP contribution in [0, 0.1) is 13.8 Å². The molecule has 19 heavy (non-hydrogen) atoms. The number of rotatable bonds is 4. The molecule has 1 N–H and O–H groups in total. The molecule has 6 nitrogen and oxygen atoms in total. The van der Waals surface area contributed by atoms with Crippen molar-refractivity contribution < 1.29 is 4.74 Å². The minimum atomic E-state index is -0.127. The summed E-state index contributed by atoms with van der Waals surface area (Å²) in [5.74, 6) is 0.510. The molecule has 0 aromatic carbocycles. The molecule has 1 unspecified atom stereocenters. The SMILES string of the molecule is CNC(c1cc(C)nnc1C)c1nccnc1OC. The van der Waals surface area contributed by atoms with Gasteiger partial charge >= 0.3 is 0 Å². The number of aryl methyl sites for hydroxylation is 2. The molecule has 0 bridgehead atoms. The van der Waals surface area contributed by atoms with Crippen LogP contribution >= 0.6 is 0 Å². The van der Waals surface area contributed by atoms with E-state index in [9.17, 15) is 0 Å². The summed E-state index contributed by atoms with van der Waals surface area (Å²) in [6.07, 6.45) is 3.26. The fraction of sp³-hybridized carbons (Fsp3) is 0.385. The maximum Gasteiger partial charge on any atom is 0.237 e. The first-order valence-corrected chi connectivity index (χ1v) is 6.00. The van der Waals surface area contributed by atoms with Gasteiger partial charge in [0.05, 0.1) is 24.5 Å². The van der Waals surface area contributed by atoms with Crippen molar-refractivity contribution in [2.24, 2.45) is 0 Å². The van der Waals surface area contributed by atoms with E-state index in [2.05, 4.69) is 25.5 Å². The first kappa shape index (κ1) is 13.4. The predicted octanol–water partition coefficient (Wildman–Crippen LogP) is 1.20. The highest BCUT2D eigenvalue weighted by Crippen LogP contribution is 2.27. The van der Waals surface area contributed by atoms with Crippen LogP contribution in [0.2, 0.25) is 0 Å². The van der Waals surface area contributed by atoms with Gasteiger partial charge in [0.15, 0.2) is 0 Å². The fourth-order valence-electron chi connectivity index (χ4n) is 1.99. The quantitative estimate of drug-likeness (QED) is 0.889. The average Bonchev–Trinajstić information content (AvgIpc) is 2.44. The molecule has 0 spiro atoms. The molecule has 2 aromatic rings. The predicted molar refractivity (Wildman–Crippen MR) is 71.0 cm³/mol. The Balaban J connectivity index is 2.53. The van der Waals surface area contributed by atoms with E-state index in [0.717, 1.165) is 22.6 Å². The third-order valence-electron chi connectivity index (χ3n) is 2.90. The number of ether oxygens (including phenoxy) is 1. The second kappa shape index (κ2) is 5.71. The number of hydrogen-bond acceptors (Lipinski definition) is 6. The highest BCUT2D eigenvalue weighted by atomic mass is 16.5. The van der Waals surface area contributed by atoms with Crippen LogP contribution in [0.4, 0.5) is 0 Å². The molecule has 0 aliphatic carbocycles. The number of methoxy groups -OCH3 is 1. The molecule has 0 radical (unpaired) electrons. The Morgan fingerprint density at radius 2 is 1.89 bits per heavy atom. The fourth-order valence-corrected chi connectivity index (χ4v) is 1.99. The third kappa shape index (κ3) is 2.68. The van der Waals surface area contributed by atoms with Crippen molar-refractivity contribution in [2.75, 3.05) is 14.2 Å². The standard InChI is InChI=1S/C13H17N5O/c1-8-7-10(9(2)18-17-8)11(14-3)12-13(19-4)16-6-5-15-12/h5-7,11,14H,1-4H3. The van der Waals surface area contributed by atoms with E-state index in [1.54, 1.807) is 19.5 Å². The molecule has 0 amide bonds. The normalized spacial score (nSPS) is 12.2. The van der Waals surface area contributed by atoms with Crippen molar-refractivity contribution in [3.8, 4) is 5.88 Å². The Kier molecular flexibility index (Phi) is 4.01. The number of nitrogens with zero attached hydrogens (tertiary/aromatic N) is 4. The minimum Gasteiger partial charge on any atom is -0.480 e. The minimum absolute atomic E-state index is 0.127. The molecule has 0 saturated carbocycles. The van der Waals surface area contributed by atoms with Gasteiger partial charge in [-0.1, -0.05) is 0 Å². The number of nitrogens with one attached hydrogen (secondary N) is 1. The zero-order valence-electron chi connectivity index (χ0n) is 11.5. The van der Waals surface area contributed by atoms with Gasteiger partial charge in [0.2, 0.25) is 5.88 Å². The van der Waals surface area contributed by atoms with Gasteiger partial charge in [0, 0.05) is 18.0 Å². The molecule has 0 fully saturated rings. The first-order chi connectivity index (χ1) is 9.17. The van der Waals surface area contributed by atoms with E-state index in [-0.39, 0.29) is 6.04 Å². The largest absolute Gasteiger partial charge is 0.480 e. The second-order valence-corrected chi connectivity index (χ2v) is 4.20. The Labute approximate surface area is 112 Å². The highest BCUT2D eigenvalue weighted by molar-refractivity contribution is 5.34. The lowest BCUT2D eigenvalue weighted by Crippen LogP contribution is -2.22. The van der Waals surface area contributed by atoms with Gasteiger partial charge in [-0.3, -0.25) is 4.98 Å². The van der Waals surface area contributed by atoms with E-state index in [0.29, 0.717) is 5.88 Å². The summed E-state index contributed by atoms with van der Waals surface area (Å²) >= 11 is 0. The zero-order valence-corrected chi connectivity index (χ0v) is 11.5. The van der Waals surface area contributed by atoms with E-state index in [1.165, 1.54) is 0 Å². The van der Waals surface area contributed by atoms with Crippen molar-refractivity contribution >= 4 is 0 Å². The lowest BCUT2D eigenvalue weighted by molar-refractivity contribution is 0.384.